The molecule has 8 nitrogen and oxygen atoms in total. The normalized spacial score (nSPS) is 11.1. The molecule has 0 atom stereocenters. The summed E-state index contributed by atoms with van der Waals surface area (Å²) in [6.07, 6.45) is 2.33. The van der Waals surface area contributed by atoms with Crippen molar-refractivity contribution in [1.82, 2.24) is 5.32 Å². The summed E-state index contributed by atoms with van der Waals surface area (Å²) >= 11 is 0. The topological polar surface area (TPSA) is 100 Å². The number of ether oxygens (including phenoxy) is 4. The molecule has 0 aromatic carbocycles. The van der Waals surface area contributed by atoms with E-state index in [2.05, 4.69) is 16.0 Å². The lowest BCUT2D eigenvalue weighted by atomic mass is 10.2. The quantitative estimate of drug-likeness (QED) is 0.321. The molecule has 0 aromatic rings. The molecule has 0 aliphatic carbocycles. The zero-order chi connectivity index (χ0) is 21.2. The summed E-state index contributed by atoms with van der Waals surface area (Å²) in [5.74, 6) is 2.27. The second kappa shape index (κ2) is 10.5. The summed E-state index contributed by atoms with van der Waals surface area (Å²) in [4.78, 5) is 32.8. The first-order chi connectivity index (χ1) is 11.4. The van der Waals surface area contributed by atoms with Crippen LogP contribution in [0.1, 0.15) is 62.3 Å². The smallest absolute Gasteiger partial charge is 0.444 e. The molecule has 150 valence electrons. The lowest BCUT2D eigenvalue weighted by molar-refractivity contribution is -0.0294. The molecular formula is C18H31NO7. The standard InChI is InChI=1S/C10H18O5.C8H13NO2/c1-9(2,3)14-7(11)13-8(12)15-10(4,5)6;1-5-6-9-7(10)11-8(2,3)4/h1-6H3;1H,6H2,2-4H3,(H,9,10). The molecule has 1 N–H and O–H groups in total. The maximum Gasteiger partial charge on any atom is 0.519 e. The fraction of sp³-hybridized carbons (Fsp3) is 0.722. The lowest BCUT2D eigenvalue weighted by Crippen LogP contribution is -2.32. The number of hydrogen-bond acceptors (Lipinski definition) is 7. The third-order valence-electron chi connectivity index (χ3n) is 1.68. The van der Waals surface area contributed by atoms with Gasteiger partial charge in [0.25, 0.3) is 0 Å². The van der Waals surface area contributed by atoms with Gasteiger partial charge < -0.3 is 24.3 Å². The van der Waals surface area contributed by atoms with Gasteiger partial charge in [0.05, 0.1) is 6.54 Å². The Kier molecular flexibility index (Phi) is 10.5. The van der Waals surface area contributed by atoms with Gasteiger partial charge in [0.2, 0.25) is 0 Å². The van der Waals surface area contributed by atoms with Crippen LogP contribution < -0.4 is 5.32 Å². The predicted octanol–water partition coefficient (Wildman–Crippen LogP) is 4.02. The molecule has 0 aromatic heterocycles. The molecule has 26 heavy (non-hydrogen) atoms. The molecule has 0 spiro atoms. The highest BCUT2D eigenvalue weighted by Gasteiger charge is 2.24. The SMILES string of the molecule is C#CCNC(=O)OC(C)(C)C.CC(C)(C)OC(=O)OC(=O)OC(C)(C)C. The Morgan fingerprint density at radius 2 is 1.12 bits per heavy atom. The Balaban J connectivity index is 0. The van der Waals surface area contributed by atoms with E-state index in [4.69, 9.17) is 20.6 Å². The molecule has 0 rings (SSSR count). The summed E-state index contributed by atoms with van der Waals surface area (Å²) in [5, 5.41) is 2.39. The highest BCUT2D eigenvalue weighted by molar-refractivity contribution is 5.77. The number of rotatable bonds is 1. The zero-order valence-electron chi connectivity index (χ0n) is 17.1. The van der Waals surface area contributed by atoms with Crippen molar-refractivity contribution in [1.29, 1.82) is 0 Å². The van der Waals surface area contributed by atoms with E-state index in [9.17, 15) is 14.4 Å². The maximum absolute atomic E-state index is 11.0. The molecule has 0 saturated carbocycles. The Bertz CT molecular complexity index is 488. The van der Waals surface area contributed by atoms with E-state index in [-0.39, 0.29) is 6.54 Å². The molecule has 8 heteroatoms. The van der Waals surface area contributed by atoms with Crippen LogP contribution in [-0.4, -0.2) is 41.8 Å². The monoisotopic (exact) mass is 373 g/mol. The molecule has 0 unspecified atom stereocenters. The van der Waals surface area contributed by atoms with Crippen molar-refractivity contribution in [3.05, 3.63) is 0 Å². The lowest BCUT2D eigenvalue weighted by Gasteiger charge is -2.20. The fourth-order valence-corrected chi connectivity index (χ4v) is 1.05. The molecule has 0 bridgehead atoms. The van der Waals surface area contributed by atoms with E-state index in [1.807, 2.05) is 0 Å². The van der Waals surface area contributed by atoms with Crippen LogP contribution >= 0.6 is 0 Å². The third-order valence-corrected chi connectivity index (χ3v) is 1.68. The van der Waals surface area contributed by atoms with Gasteiger partial charge in [0.15, 0.2) is 0 Å². The summed E-state index contributed by atoms with van der Waals surface area (Å²) in [7, 11) is 0. The van der Waals surface area contributed by atoms with Crippen molar-refractivity contribution in [2.24, 2.45) is 0 Å². The third kappa shape index (κ3) is 21.6. The fourth-order valence-electron chi connectivity index (χ4n) is 1.05. The summed E-state index contributed by atoms with van der Waals surface area (Å²) in [6, 6.07) is 0. The van der Waals surface area contributed by atoms with Gasteiger partial charge in [-0.2, -0.15) is 0 Å². The minimum atomic E-state index is -1.06. The van der Waals surface area contributed by atoms with Crippen molar-refractivity contribution in [3.8, 4) is 12.3 Å². The Hall–Kier alpha value is -2.43. The van der Waals surface area contributed by atoms with Gasteiger partial charge in [-0.15, -0.1) is 6.42 Å². The van der Waals surface area contributed by atoms with Gasteiger partial charge in [-0.1, -0.05) is 5.92 Å². The van der Waals surface area contributed by atoms with Crippen molar-refractivity contribution >= 4 is 18.4 Å². The van der Waals surface area contributed by atoms with Gasteiger partial charge in [0.1, 0.15) is 16.8 Å². The number of nitrogens with one attached hydrogen (secondary N) is 1. The van der Waals surface area contributed by atoms with E-state index in [0.717, 1.165) is 0 Å². The summed E-state index contributed by atoms with van der Waals surface area (Å²) in [6.45, 7) is 15.6. The van der Waals surface area contributed by atoms with E-state index < -0.39 is 35.2 Å². The molecule has 0 aliphatic heterocycles. The highest BCUT2D eigenvalue weighted by atomic mass is 16.8. The van der Waals surface area contributed by atoms with Gasteiger partial charge in [-0.05, 0) is 62.3 Å². The number of carbonyl (C=O) groups excluding carboxylic acids is 3. The summed E-state index contributed by atoms with van der Waals surface area (Å²) in [5.41, 5.74) is -1.85. The second-order valence-electron chi connectivity index (χ2n) is 8.09. The zero-order valence-corrected chi connectivity index (χ0v) is 17.1. The highest BCUT2D eigenvalue weighted by Crippen LogP contribution is 2.11. The minimum Gasteiger partial charge on any atom is -0.444 e. The largest absolute Gasteiger partial charge is 0.519 e. The van der Waals surface area contributed by atoms with Gasteiger partial charge >= 0.3 is 18.4 Å². The van der Waals surface area contributed by atoms with Crippen LogP contribution in [0, 0.1) is 12.3 Å². The minimum absolute atomic E-state index is 0.203. The van der Waals surface area contributed by atoms with Crippen LogP contribution in [0.5, 0.6) is 0 Å². The van der Waals surface area contributed by atoms with Gasteiger partial charge in [-0.3, -0.25) is 0 Å². The van der Waals surface area contributed by atoms with E-state index >= 15 is 0 Å². The molecule has 0 saturated heterocycles. The van der Waals surface area contributed by atoms with Crippen molar-refractivity contribution in [3.63, 3.8) is 0 Å². The first-order valence-corrected chi connectivity index (χ1v) is 7.99. The molecule has 0 aliphatic rings. The van der Waals surface area contributed by atoms with E-state index in [1.54, 1.807) is 62.3 Å². The first kappa shape index (κ1) is 25.8. The van der Waals surface area contributed by atoms with Crippen LogP contribution in [-0.2, 0) is 18.9 Å². The van der Waals surface area contributed by atoms with Crippen LogP contribution in [0.3, 0.4) is 0 Å². The molecular weight excluding hydrogens is 342 g/mol. The maximum atomic E-state index is 11.0. The van der Waals surface area contributed by atoms with Crippen LogP contribution in [0.2, 0.25) is 0 Å². The van der Waals surface area contributed by atoms with Gasteiger partial charge in [0, 0.05) is 0 Å². The Labute approximate surface area is 155 Å². The second-order valence-corrected chi connectivity index (χ2v) is 8.09. The number of hydrogen-bond donors (Lipinski definition) is 1. The molecule has 0 heterocycles. The van der Waals surface area contributed by atoms with Crippen LogP contribution in [0.4, 0.5) is 14.4 Å². The number of amides is 1. The van der Waals surface area contributed by atoms with Gasteiger partial charge in [-0.25, -0.2) is 14.4 Å². The number of carbonyl (C=O) groups is 3. The Morgan fingerprint density at radius 3 is 1.38 bits per heavy atom. The number of terminal acetylenes is 1. The average Bonchev–Trinajstić information content (AvgIpc) is 2.29. The predicted molar refractivity (Wildman–Crippen MR) is 96.6 cm³/mol. The van der Waals surface area contributed by atoms with E-state index in [1.165, 1.54) is 0 Å². The van der Waals surface area contributed by atoms with Crippen molar-refractivity contribution in [2.45, 2.75) is 79.1 Å². The summed E-state index contributed by atoms with van der Waals surface area (Å²) < 4.78 is 18.7. The van der Waals surface area contributed by atoms with E-state index in [0.29, 0.717) is 0 Å². The van der Waals surface area contributed by atoms with Crippen molar-refractivity contribution in [2.75, 3.05) is 6.54 Å². The first-order valence-electron chi connectivity index (χ1n) is 7.99. The Morgan fingerprint density at radius 1 is 0.769 bits per heavy atom. The van der Waals surface area contributed by atoms with Crippen LogP contribution in [0.25, 0.3) is 0 Å². The molecule has 0 radical (unpaired) electrons. The van der Waals surface area contributed by atoms with Crippen molar-refractivity contribution < 1.29 is 33.3 Å². The average molecular weight is 373 g/mol. The number of alkyl carbamates (subject to hydrolysis) is 1. The molecule has 0 fully saturated rings. The molecule has 1 amide bonds. The van der Waals surface area contributed by atoms with Crippen LogP contribution in [0.15, 0.2) is 0 Å².